The molecule has 0 bridgehead atoms. The van der Waals surface area contributed by atoms with Gasteiger partial charge in [-0.2, -0.15) is 0 Å². The van der Waals surface area contributed by atoms with Crippen molar-refractivity contribution in [1.82, 2.24) is 9.55 Å². The van der Waals surface area contributed by atoms with E-state index in [1.165, 1.54) is 21.8 Å². The summed E-state index contributed by atoms with van der Waals surface area (Å²) in [7, 11) is 0. The summed E-state index contributed by atoms with van der Waals surface area (Å²) in [4.78, 5) is 6.89. The molecule has 0 fully saturated rings. The predicted octanol–water partition coefficient (Wildman–Crippen LogP) is 11.1. The van der Waals surface area contributed by atoms with E-state index in [4.69, 9.17) is 4.74 Å². The van der Waals surface area contributed by atoms with E-state index >= 15 is 0 Å². The normalized spacial score (nSPS) is 12.1. The summed E-state index contributed by atoms with van der Waals surface area (Å²) in [6, 6.07) is 53.2. The number of hydrogen-bond donors (Lipinski definition) is 0. The van der Waals surface area contributed by atoms with Crippen LogP contribution in [0.25, 0.3) is 49.7 Å². The standard InChI is InChI=1S/C41H27N3O/c1-3-11-36-34(9-1)35-10-2-4-12-37(35)43(36)32-21-17-28(18-22-32)30-25-31(27-42-26-30)29-19-23-33(24-20-29)44-38-13-5-7-15-40(38)45-41-16-8-6-14-39(41)44/h1-27H. The van der Waals surface area contributed by atoms with Gasteiger partial charge in [-0.3, -0.25) is 4.98 Å². The highest BCUT2D eigenvalue weighted by Crippen LogP contribution is 2.50. The van der Waals surface area contributed by atoms with Crippen molar-refractivity contribution < 1.29 is 4.74 Å². The maximum absolute atomic E-state index is 6.19. The van der Waals surface area contributed by atoms with Crippen LogP contribution in [0, 0.1) is 0 Å². The molecule has 212 valence electrons. The highest BCUT2D eigenvalue weighted by atomic mass is 16.5. The number of ether oxygens (including phenoxy) is 1. The van der Waals surface area contributed by atoms with E-state index in [0.717, 1.165) is 56.5 Å². The maximum atomic E-state index is 6.19. The second-order valence-corrected chi connectivity index (χ2v) is 11.3. The lowest BCUT2D eigenvalue weighted by Crippen LogP contribution is -2.15. The van der Waals surface area contributed by atoms with Crippen LogP contribution in [0.1, 0.15) is 0 Å². The molecule has 0 saturated heterocycles. The quantitative estimate of drug-likeness (QED) is 0.208. The Bertz CT molecular complexity index is 2250. The molecule has 0 unspecified atom stereocenters. The van der Waals surface area contributed by atoms with Gasteiger partial charge in [-0.25, -0.2) is 0 Å². The molecular weight excluding hydrogens is 550 g/mol. The molecular formula is C41H27N3O. The highest BCUT2D eigenvalue weighted by Gasteiger charge is 2.25. The Balaban J connectivity index is 1.04. The van der Waals surface area contributed by atoms with Crippen molar-refractivity contribution in [1.29, 1.82) is 0 Å². The second-order valence-electron chi connectivity index (χ2n) is 11.3. The van der Waals surface area contributed by atoms with Crippen molar-refractivity contribution in [3.63, 3.8) is 0 Å². The molecule has 0 N–H and O–H groups in total. The fraction of sp³-hybridized carbons (Fsp3) is 0. The number of hydrogen-bond acceptors (Lipinski definition) is 3. The molecule has 4 nitrogen and oxygen atoms in total. The fourth-order valence-corrected chi connectivity index (χ4v) is 6.55. The Hall–Kier alpha value is -6.13. The average Bonchev–Trinajstić information content (AvgIpc) is 3.45. The van der Waals surface area contributed by atoms with Crippen molar-refractivity contribution in [2.75, 3.05) is 4.90 Å². The summed E-state index contributed by atoms with van der Waals surface area (Å²) < 4.78 is 8.54. The minimum atomic E-state index is 0.848. The Morgan fingerprint density at radius 2 is 0.889 bits per heavy atom. The number of pyridine rings is 1. The number of benzene rings is 6. The largest absolute Gasteiger partial charge is 0.453 e. The molecule has 9 rings (SSSR count). The van der Waals surface area contributed by atoms with Crippen LogP contribution in [0.3, 0.4) is 0 Å². The van der Waals surface area contributed by atoms with Crippen molar-refractivity contribution in [3.8, 4) is 39.4 Å². The summed E-state index contributed by atoms with van der Waals surface area (Å²) >= 11 is 0. The fourth-order valence-electron chi connectivity index (χ4n) is 6.55. The first-order valence-electron chi connectivity index (χ1n) is 15.1. The minimum Gasteiger partial charge on any atom is -0.453 e. The van der Waals surface area contributed by atoms with Crippen molar-refractivity contribution in [2.45, 2.75) is 0 Å². The van der Waals surface area contributed by atoms with E-state index in [9.17, 15) is 0 Å². The van der Waals surface area contributed by atoms with Crippen LogP contribution in [0.15, 0.2) is 164 Å². The highest BCUT2D eigenvalue weighted by molar-refractivity contribution is 6.09. The molecule has 0 radical (unpaired) electrons. The third kappa shape index (κ3) is 4.19. The zero-order valence-electron chi connectivity index (χ0n) is 24.3. The Morgan fingerprint density at radius 3 is 1.44 bits per heavy atom. The third-order valence-corrected chi connectivity index (χ3v) is 8.67. The molecule has 0 spiro atoms. The molecule has 6 aromatic carbocycles. The number of rotatable bonds is 4. The van der Waals surface area contributed by atoms with E-state index in [1.54, 1.807) is 0 Å². The smallest absolute Gasteiger partial charge is 0.151 e. The summed E-state index contributed by atoms with van der Waals surface area (Å²) in [5.41, 5.74) is 11.1. The molecule has 1 aliphatic rings. The van der Waals surface area contributed by atoms with Gasteiger partial charge < -0.3 is 14.2 Å². The number of nitrogens with zero attached hydrogens (tertiary/aromatic N) is 3. The van der Waals surface area contributed by atoms with Crippen molar-refractivity contribution in [3.05, 3.63) is 164 Å². The van der Waals surface area contributed by atoms with Crippen LogP contribution in [0.2, 0.25) is 0 Å². The van der Waals surface area contributed by atoms with Gasteiger partial charge in [0.05, 0.1) is 22.4 Å². The van der Waals surface area contributed by atoms with Gasteiger partial charge in [0.1, 0.15) is 0 Å². The molecule has 1 aliphatic heterocycles. The van der Waals surface area contributed by atoms with E-state index in [2.05, 4.69) is 130 Å². The lowest BCUT2D eigenvalue weighted by Gasteiger charge is -2.32. The lowest BCUT2D eigenvalue weighted by molar-refractivity contribution is 0.477. The zero-order valence-corrected chi connectivity index (χ0v) is 24.3. The number of aromatic nitrogens is 2. The van der Waals surface area contributed by atoms with Crippen molar-refractivity contribution in [2.24, 2.45) is 0 Å². The SMILES string of the molecule is c1ccc2c(c1)Oc1ccccc1N2c1ccc(-c2cncc(-c3ccc(-n4c5ccccc5c5ccccc54)cc3)c2)cc1. The number of fused-ring (bicyclic) bond motifs is 5. The van der Waals surface area contributed by atoms with Crippen LogP contribution in [-0.4, -0.2) is 9.55 Å². The van der Waals surface area contributed by atoms with E-state index in [-0.39, 0.29) is 0 Å². The first kappa shape index (κ1) is 25.4. The Kier molecular flexibility index (Phi) is 5.78. The second kappa shape index (κ2) is 10.2. The van der Waals surface area contributed by atoms with Crippen LogP contribution < -0.4 is 9.64 Å². The molecule has 0 amide bonds. The van der Waals surface area contributed by atoms with Crippen molar-refractivity contribution >= 4 is 38.9 Å². The van der Waals surface area contributed by atoms with Gasteiger partial charge in [0.2, 0.25) is 0 Å². The molecule has 3 heterocycles. The summed E-state index contributed by atoms with van der Waals surface area (Å²) in [6.07, 6.45) is 3.87. The molecule has 45 heavy (non-hydrogen) atoms. The first-order chi connectivity index (χ1) is 22.3. The van der Waals surface area contributed by atoms with Crippen LogP contribution in [0.4, 0.5) is 17.1 Å². The summed E-state index contributed by atoms with van der Waals surface area (Å²) in [5.74, 6) is 1.70. The third-order valence-electron chi connectivity index (χ3n) is 8.67. The Labute approximate surface area is 261 Å². The molecule has 8 aromatic rings. The van der Waals surface area contributed by atoms with Crippen LogP contribution >= 0.6 is 0 Å². The van der Waals surface area contributed by atoms with Crippen LogP contribution in [-0.2, 0) is 0 Å². The van der Waals surface area contributed by atoms with E-state index < -0.39 is 0 Å². The van der Waals surface area contributed by atoms with E-state index in [0.29, 0.717) is 0 Å². The molecule has 4 heteroatoms. The monoisotopic (exact) mass is 577 g/mol. The van der Waals surface area contributed by atoms with Gasteiger partial charge in [0.25, 0.3) is 0 Å². The topological polar surface area (TPSA) is 30.3 Å². The first-order valence-corrected chi connectivity index (χ1v) is 15.1. The van der Waals surface area contributed by atoms with Gasteiger partial charge in [-0.05, 0) is 77.9 Å². The molecule has 0 saturated carbocycles. The van der Waals surface area contributed by atoms with E-state index in [1.807, 2.05) is 48.8 Å². The predicted molar refractivity (Wildman–Crippen MR) is 184 cm³/mol. The van der Waals surface area contributed by atoms with Gasteiger partial charge in [-0.1, -0.05) is 84.9 Å². The zero-order chi connectivity index (χ0) is 29.7. The average molecular weight is 578 g/mol. The Morgan fingerprint density at radius 1 is 0.422 bits per heavy atom. The number of para-hydroxylation sites is 6. The molecule has 0 atom stereocenters. The van der Waals surface area contributed by atoms with Gasteiger partial charge in [-0.15, -0.1) is 0 Å². The van der Waals surface area contributed by atoms with Gasteiger partial charge >= 0.3 is 0 Å². The summed E-state index contributed by atoms with van der Waals surface area (Å²) in [5, 5.41) is 2.53. The maximum Gasteiger partial charge on any atom is 0.151 e. The van der Waals surface area contributed by atoms with Gasteiger partial charge in [0, 0.05) is 45.7 Å². The van der Waals surface area contributed by atoms with Gasteiger partial charge in [0.15, 0.2) is 11.5 Å². The lowest BCUT2D eigenvalue weighted by atomic mass is 10.0. The molecule has 0 aliphatic carbocycles. The number of anilines is 3. The minimum absolute atomic E-state index is 0.848. The molecule has 2 aromatic heterocycles. The van der Waals surface area contributed by atoms with Crippen LogP contribution in [0.5, 0.6) is 11.5 Å². The summed E-state index contributed by atoms with van der Waals surface area (Å²) in [6.45, 7) is 0.